The number of hydrogen-bond donors (Lipinski definition) is 3. The first kappa shape index (κ1) is 55.3. The number of esters is 1. The number of unbranched alkanes of at least 4 members (excludes halogenated alkanes) is 22. The number of allylic oxidation sites excluding steroid dienone is 8. The van der Waals surface area contributed by atoms with Gasteiger partial charge >= 0.3 is 11.9 Å². The fourth-order valence-electron chi connectivity index (χ4n) is 7.16. The molecule has 0 aliphatic rings. The fourth-order valence-corrected chi connectivity index (χ4v) is 7.16. The predicted octanol–water partition coefficient (Wildman–Crippen LogP) is 14.3. The lowest BCUT2D eigenvalue weighted by Crippen LogP contribution is -2.40. The molecule has 2 atom stereocenters. The molecule has 1 amide bonds. The first-order valence-electron chi connectivity index (χ1n) is 24.5. The molecule has 0 aliphatic carbocycles. The van der Waals surface area contributed by atoms with Crippen molar-refractivity contribution in [3.8, 4) is 0 Å². The number of amides is 1. The van der Waals surface area contributed by atoms with Crippen molar-refractivity contribution in [3.63, 3.8) is 0 Å². The quantitative estimate of drug-likeness (QED) is 0.0320. The van der Waals surface area contributed by atoms with Crippen molar-refractivity contribution in [2.45, 2.75) is 251 Å². The van der Waals surface area contributed by atoms with E-state index < -0.39 is 12.0 Å². The maximum Gasteiger partial charge on any atom is 0.326 e. The van der Waals surface area contributed by atoms with Crippen LogP contribution in [0.25, 0.3) is 0 Å². The molecule has 0 aromatic rings. The van der Waals surface area contributed by atoms with Crippen LogP contribution < -0.4 is 11.1 Å². The summed E-state index contributed by atoms with van der Waals surface area (Å²) in [5.41, 5.74) is 5.49. The number of carboxylic acids is 1. The molecule has 0 saturated heterocycles. The normalized spacial score (nSPS) is 13.0. The van der Waals surface area contributed by atoms with Crippen molar-refractivity contribution in [2.24, 2.45) is 5.73 Å². The van der Waals surface area contributed by atoms with E-state index >= 15 is 0 Å². The number of carboxylic acid groups (broad SMARTS) is 1. The third-order valence-corrected chi connectivity index (χ3v) is 10.9. The first-order chi connectivity index (χ1) is 28.4. The molecule has 0 heterocycles. The molecule has 0 bridgehead atoms. The molecular formula is C51H92N2O5. The minimum atomic E-state index is -1.01. The maximum absolute atomic E-state index is 12.9. The van der Waals surface area contributed by atoms with Gasteiger partial charge in [-0.15, -0.1) is 0 Å². The van der Waals surface area contributed by atoms with E-state index in [2.05, 4.69) is 67.8 Å². The van der Waals surface area contributed by atoms with Gasteiger partial charge in [0.1, 0.15) is 12.1 Å². The number of nitrogens with two attached hydrogens (primary N) is 1. The Kier molecular flexibility index (Phi) is 43.3. The predicted molar refractivity (Wildman–Crippen MR) is 248 cm³/mol. The molecule has 0 aliphatic heterocycles. The van der Waals surface area contributed by atoms with Gasteiger partial charge in [-0.25, -0.2) is 4.79 Å². The van der Waals surface area contributed by atoms with Gasteiger partial charge in [-0.1, -0.05) is 165 Å². The maximum atomic E-state index is 12.9. The van der Waals surface area contributed by atoms with Crippen LogP contribution in [0.5, 0.6) is 0 Å². The van der Waals surface area contributed by atoms with Crippen LogP contribution in [0.3, 0.4) is 0 Å². The van der Waals surface area contributed by atoms with Gasteiger partial charge in [0, 0.05) is 12.8 Å². The smallest absolute Gasteiger partial charge is 0.326 e. The van der Waals surface area contributed by atoms with Crippen molar-refractivity contribution in [1.29, 1.82) is 0 Å². The second-order valence-electron chi connectivity index (χ2n) is 16.5. The van der Waals surface area contributed by atoms with Gasteiger partial charge in [0.05, 0.1) is 0 Å². The van der Waals surface area contributed by atoms with E-state index in [1.807, 2.05) is 0 Å². The van der Waals surface area contributed by atoms with E-state index in [1.54, 1.807) is 0 Å². The number of carbonyl (C=O) groups is 3. The lowest BCUT2D eigenvalue weighted by atomic mass is 10.0. The Hall–Kier alpha value is -2.67. The Morgan fingerprint density at radius 3 is 1.47 bits per heavy atom. The molecule has 0 radical (unpaired) electrons. The minimum absolute atomic E-state index is 0.0263. The van der Waals surface area contributed by atoms with E-state index in [0.717, 1.165) is 96.3 Å². The Morgan fingerprint density at radius 2 is 0.914 bits per heavy atom. The van der Waals surface area contributed by atoms with Crippen LogP contribution >= 0.6 is 0 Å². The molecule has 0 fully saturated rings. The minimum Gasteiger partial charge on any atom is -0.480 e. The standard InChI is InChI=1S/C51H92N2O5/c1-3-5-7-9-11-13-15-17-18-19-20-21-22-24-26-28-30-35-39-45-50(55)58-47(41-36-32-29-27-25-23-16-14-12-10-8-6-4-2)42-37-33-31-34-38-44-49(54)53-48(51(56)57)43-40-46-52/h11,13,17-18,20-21,27,29,47-48H,3-10,12,14-16,19,22-26,28,30-46,52H2,1-2H3,(H,53,54)(H,56,57)/b13-11-,18-17-,21-20-,29-27-. The van der Waals surface area contributed by atoms with E-state index in [4.69, 9.17) is 10.5 Å². The first-order valence-corrected chi connectivity index (χ1v) is 24.5. The monoisotopic (exact) mass is 813 g/mol. The summed E-state index contributed by atoms with van der Waals surface area (Å²) >= 11 is 0. The highest BCUT2D eigenvalue weighted by Crippen LogP contribution is 2.18. The lowest BCUT2D eigenvalue weighted by molar-refractivity contribution is -0.150. The van der Waals surface area contributed by atoms with Crippen LogP contribution in [0.15, 0.2) is 48.6 Å². The summed E-state index contributed by atoms with van der Waals surface area (Å²) in [5.74, 6) is -1.26. The van der Waals surface area contributed by atoms with Crippen LogP contribution in [0.1, 0.15) is 239 Å². The zero-order valence-corrected chi connectivity index (χ0v) is 37.9. The number of hydrogen-bond acceptors (Lipinski definition) is 5. The van der Waals surface area contributed by atoms with E-state index in [0.29, 0.717) is 32.2 Å². The summed E-state index contributed by atoms with van der Waals surface area (Å²) < 4.78 is 6.05. The van der Waals surface area contributed by atoms with Crippen molar-refractivity contribution >= 4 is 17.8 Å². The number of rotatable bonds is 44. The molecule has 336 valence electrons. The van der Waals surface area contributed by atoms with E-state index in [9.17, 15) is 19.5 Å². The second kappa shape index (κ2) is 45.4. The van der Waals surface area contributed by atoms with Crippen molar-refractivity contribution in [3.05, 3.63) is 48.6 Å². The summed E-state index contributed by atoms with van der Waals surface area (Å²) in [6.45, 7) is 4.92. The molecule has 7 nitrogen and oxygen atoms in total. The Morgan fingerprint density at radius 1 is 0.500 bits per heavy atom. The molecule has 4 N–H and O–H groups in total. The molecular weight excluding hydrogens is 721 g/mol. The molecule has 2 unspecified atom stereocenters. The van der Waals surface area contributed by atoms with Crippen LogP contribution in [-0.2, 0) is 19.1 Å². The van der Waals surface area contributed by atoms with Crippen LogP contribution in [0.4, 0.5) is 0 Å². The van der Waals surface area contributed by atoms with Gasteiger partial charge in [-0.05, 0) is 116 Å². The van der Waals surface area contributed by atoms with Crippen LogP contribution in [0, 0.1) is 0 Å². The third kappa shape index (κ3) is 41.5. The highest BCUT2D eigenvalue weighted by atomic mass is 16.5. The van der Waals surface area contributed by atoms with Gasteiger partial charge in [-0.2, -0.15) is 0 Å². The van der Waals surface area contributed by atoms with Gasteiger partial charge in [-0.3, -0.25) is 9.59 Å². The average Bonchev–Trinajstić information content (AvgIpc) is 3.21. The summed E-state index contributed by atoms with van der Waals surface area (Å²) in [4.78, 5) is 36.5. The summed E-state index contributed by atoms with van der Waals surface area (Å²) in [5, 5.41) is 12.0. The van der Waals surface area contributed by atoms with Crippen molar-refractivity contribution in [2.75, 3.05) is 6.54 Å². The van der Waals surface area contributed by atoms with Crippen LogP contribution in [-0.4, -0.2) is 41.6 Å². The van der Waals surface area contributed by atoms with Gasteiger partial charge in [0.2, 0.25) is 5.91 Å². The number of aliphatic carboxylic acids is 1. The van der Waals surface area contributed by atoms with Crippen molar-refractivity contribution < 1.29 is 24.2 Å². The Labute approximate surface area is 358 Å². The second-order valence-corrected chi connectivity index (χ2v) is 16.5. The van der Waals surface area contributed by atoms with E-state index in [1.165, 1.54) is 103 Å². The largest absolute Gasteiger partial charge is 0.480 e. The zero-order valence-electron chi connectivity index (χ0n) is 37.9. The molecule has 0 aromatic carbocycles. The Bertz CT molecular complexity index is 1050. The average molecular weight is 813 g/mol. The lowest BCUT2D eigenvalue weighted by Gasteiger charge is -2.18. The molecule has 0 saturated carbocycles. The highest BCUT2D eigenvalue weighted by Gasteiger charge is 2.19. The number of carbonyl (C=O) groups excluding carboxylic acids is 2. The molecule has 0 aromatic heterocycles. The SMILES string of the molecule is CCCCC/C=C\C/C=C\C/C=C\CCCCCCCCC(=O)OC(CCC/C=C\CCCCCCCCCC)CCCCCCCC(=O)NC(CCCN)C(=O)O. The van der Waals surface area contributed by atoms with Gasteiger partial charge < -0.3 is 20.9 Å². The number of ether oxygens (including phenoxy) is 1. The summed E-state index contributed by atoms with van der Waals surface area (Å²) in [6, 6.07) is -0.861. The van der Waals surface area contributed by atoms with Gasteiger partial charge in [0.25, 0.3) is 0 Å². The third-order valence-electron chi connectivity index (χ3n) is 10.9. The summed E-state index contributed by atoms with van der Waals surface area (Å²) in [6.07, 6.45) is 55.9. The summed E-state index contributed by atoms with van der Waals surface area (Å²) in [7, 11) is 0. The molecule has 7 heteroatoms. The number of nitrogens with one attached hydrogen (secondary N) is 1. The zero-order chi connectivity index (χ0) is 42.4. The van der Waals surface area contributed by atoms with Crippen molar-refractivity contribution in [1.82, 2.24) is 5.32 Å². The Balaban J connectivity index is 4.35. The molecule has 58 heavy (non-hydrogen) atoms. The molecule has 0 spiro atoms. The topological polar surface area (TPSA) is 119 Å². The fraction of sp³-hybridized carbons (Fsp3) is 0.784. The van der Waals surface area contributed by atoms with E-state index in [-0.39, 0.29) is 18.0 Å². The molecule has 0 rings (SSSR count). The van der Waals surface area contributed by atoms with Gasteiger partial charge in [0.15, 0.2) is 0 Å². The van der Waals surface area contributed by atoms with Crippen LogP contribution in [0.2, 0.25) is 0 Å². The highest BCUT2D eigenvalue weighted by molar-refractivity contribution is 5.83.